The summed E-state index contributed by atoms with van der Waals surface area (Å²) in [6.45, 7) is 7.90. The molecule has 1 aromatic carbocycles. The number of nitrogens with zero attached hydrogens (tertiary/aromatic N) is 1. The number of hydrogen-bond donors (Lipinski definition) is 1. The van der Waals surface area contributed by atoms with E-state index in [1.807, 2.05) is 0 Å². The van der Waals surface area contributed by atoms with Crippen molar-refractivity contribution in [3.8, 4) is 0 Å². The van der Waals surface area contributed by atoms with E-state index in [2.05, 4.69) is 65.9 Å². The molecular formula is C15H23BrN2. The average Bonchev–Trinajstić information content (AvgIpc) is 2.61. The van der Waals surface area contributed by atoms with E-state index < -0.39 is 0 Å². The van der Waals surface area contributed by atoms with Crippen LogP contribution in [0, 0.1) is 5.92 Å². The predicted molar refractivity (Wildman–Crippen MR) is 80.5 cm³/mol. The molecule has 0 aliphatic carbocycles. The SMILES string of the molecule is CC1CC(C)N(C(c2ccccc2Br)C(C)N)C1. The zero-order valence-electron chi connectivity index (χ0n) is 11.4. The first-order chi connectivity index (χ1) is 8.50. The van der Waals surface area contributed by atoms with Crippen LogP contribution in [0.25, 0.3) is 0 Å². The summed E-state index contributed by atoms with van der Waals surface area (Å²) in [5.74, 6) is 0.767. The molecule has 1 aromatic rings. The van der Waals surface area contributed by atoms with E-state index in [0.29, 0.717) is 12.1 Å². The van der Waals surface area contributed by atoms with Crippen LogP contribution < -0.4 is 5.73 Å². The number of rotatable bonds is 3. The second-order valence-corrected chi connectivity index (χ2v) is 6.57. The molecule has 1 aliphatic heterocycles. The minimum absolute atomic E-state index is 0.136. The maximum atomic E-state index is 6.26. The molecular weight excluding hydrogens is 288 g/mol. The van der Waals surface area contributed by atoms with Crippen molar-refractivity contribution in [2.24, 2.45) is 11.7 Å². The van der Waals surface area contributed by atoms with Crippen molar-refractivity contribution in [2.45, 2.75) is 45.3 Å². The second-order valence-electron chi connectivity index (χ2n) is 5.71. The quantitative estimate of drug-likeness (QED) is 0.925. The normalized spacial score (nSPS) is 28.3. The fraction of sp³-hybridized carbons (Fsp3) is 0.600. The Hall–Kier alpha value is -0.380. The largest absolute Gasteiger partial charge is 0.326 e. The molecule has 1 saturated heterocycles. The van der Waals surface area contributed by atoms with Gasteiger partial charge in [0.2, 0.25) is 0 Å². The van der Waals surface area contributed by atoms with Gasteiger partial charge in [0.1, 0.15) is 0 Å². The number of benzene rings is 1. The van der Waals surface area contributed by atoms with Gasteiger partial charge in [-0.05, 0) is 37.8 Å². The van der Waals surface area contributed by atoms with Crippen LogP contribution in [0.5, 0.6) is 0 Å². The first-order valence-corrected chi connectivity index (χ1v) is 7.55. The molecule has 18 heavy (non-hydrogen) atoms. The van der Waals surface area contributed by atoms with Crippen molar-refractivity contribution in [1.82, 2.24) is 4.90 Å². The Morgan fingerprint density at radius 2 is 2.00 bits per heavy atom. The van der Waals surface area contributed by atoms with Crippen LogP contribution in [0.4, 0.5) is 0 Å². The molecule has 1 aliphatic rings. The van der Waals surface area contributed by atoms with E-state index in [-0.39, 0.29) is 6.04 Å². The van der Waals surface area contributed by atoms with E-state index in [0.717, 1.165) is 12.5 Å². The number of likely N-dealkylation sites (tertiary alicyclic amines) is 1. The minimum Gasteiger partial charge on any atom is -0.326 e. The Kier molecular flexibility index (Phi) is 4.46. The summed E-state index contributed by atoms with van der Waals surface area (Å²) >= 11 is 3.67. The molecule has 2 rings (SSSR count). The summed E-state index contributed by atoms with van der Waals surface area (Å²) in [5.41, 5.74) is 7.58. The first kappa shape index (κ1) is 14.0. The fourth-order valence-corrected chi connectivity index (χ4v) is 3.72. The van der Waals surface area contributed by atoms with Crippen molar-refractivity contribution >= 4 is 15.9 Å². The van der Waals surface area contributed by atoms with Gasteiger partial charge in [-0.15, -0.1) is 0 Å². The molecule has 0 aromatic heterocycles. The van der Waals surface area contributed by atoms with Crippen molar-refractivity contribution in [3.05, 3.63) is 34.3 Å². The standard InChI is InChI=1S/C15H23BrN2/c1-10-8-11(2)18(9-10)15(12(3)17)13-6-4-5-7-14(13)16/h4-7,10-12,15H,8-9,17H2,1-3H3. The summed E-state index contributed by atoms with van der Waals surface area (Å²) in [7, 11) is 0. The zero-order valence-corrected chi connectivity index (χ0v) is 13.0. The van der Waals surface area contributed by atoms with Gasteiger partial charge in [-0.1, -0.05) is 41.1 Å². The summed E-state index contributed by atoms with van der Waals surface area (Å²) in [4.78, 5) is 2.56. The Balaban J connectivity index is 2.32. The molecule has 2 N–H and O–H groups in total. The van der Waals surface area contributed by atoms with Crippen molar-refractivity contribution in [2.75, 3.05) is 6.54 Å². The third-order valence-corrected chi connectivity index (χ3v) is 4.63. The molecule has 0 spiro atoms. The molecule has 0 bridgehead atoms. The van der Waals surface area contributed by atoms with Crippen LogP contribution in [0.1, 0.15) is 38.8 Å². The molecule has 1 fully saturated rings. The lowest BCUT2D eigenvalue weighted by atomic mass is 9.98. The first-order valence-electron chi connectivity index (χ1n) is 6.76. The van der Waals surface area contributed by atoms with Gasteiger partial charge in [-0.25, -0.2) is 0 Å². The molecule has 0 saturated carbocycles. The second kappa shape index (κ2) is 5.72. The number of nitrogens with two attached hydrogens (primary N) is 1. The van der Waals surface area contributed by atoms with Crippen molar-refractivity contribution in [3.63, 3.8) is 0 Å². The summed E-state index contributed by atoms with van der Waals surface area (Å²) in [5, 5.41) is 0. The summed E-state index contributed by atoms with van der Waals surface area (Å²) < 4.78 is 1.17. The van der Waals surface area contributed by atoms with Crippen molar-refractivity contribution in [1.29, 1.82) is 0 Å². The Bertz CT molecular complexity index is 405. The van der Waals surface area contributed by atoms with Gasteiger partial charge in [-0.3, -0.25) is 4.90 Å². The zero-order chi connectivity index (χ0) is 13.3. The molecule has 0 radical (unpaired) electrons. The lowest BCUT2D eigenvalue weighted by molar-refractivity contribution is 0.166. The molecule has 1 heterocycles. The highest BCUT2D eigenvalue weighted by molar-refractivity contribution is 9.10. The molecule has 0 amide bonds. The smallest absolute Gasteiger partial charge is 0.0510 e. The molecule has 4 atom stereocenters. The highest BCUT2D eigenvalue weighted by atomic mass is 79.9. The van der Waals surface area contributed by atoms with Gasteiger partial charge in [0.05, 0.1) is 6.04 Å². The molecule has 4 unspecified atom stereocenters. The number of halogens is 1. The fourth-order valence-electron chi connectivity index (χ4n) is 3.20. The summed E-state index contributed by atoms with van der Waals surface area (Å²) in [6, 6.07) is 9.50. The van der Waals surface area contributed by atoms with Gasteiger partial charge < -0.3 is 5.73 Å². The van der Waals surface area contributed by atoms with Gasteiger partial charge in [-0.2, -0.15) is 0 Å². The van der Waals surface area contributed by atoms with Crippen LogP contribution in [-0.4, -0.2) is 23.5 Å². The van der Waals surface area contributed by atoms with Gasteiger partial charge in [0.15, 0.2) is 0 Å². The highest BCUT2D eigenvalue weighted by Crippen LogP contribution is 2.36. The van der Waals surface area contributed by atoms with E-state index in [4.69, 9.17) is 5.73 Å². The lowest BCUT2D eigenvalue weighted by Gasteiger charge is -2.35. The molecule has 100 valence electrons. The molecule has 2 nitrogen and oxygen atoms in total. The third kappa shape index (κ3) is 2.79. The van der Waals surface area contributed by atoms with Crippen LogP contribution in [0.3, 0.4) is 0 Å². The van der Waals surface area contributed by atoms with Crippen LogP contribution in [-0.2, 0) is 0 Å². The van der Waals surface area contributed by atoms with E-state index >= 15 is 0 Å². The predicted octanol–water partition coefficient (Wildman–Crippen LogP) is 3.57. The van der Waals surface area contributed by atoms with E-state index in [9.17, 15) is 0 Å². The summed E-state index contributed by atoms with van der Waals surface area (Å²) in [6.07, 6.45) is 1.27. The number of hydrogen-bond acceptors (Lipinski definition) is 2. The topological polar surface area (TPSA) is 29.3 Å². The average molecular weight is 311 g/mol. The monoisotopic (exact) mass is 310 g/mol. The van der Waals surface area contributed by atoms with Crippen LogP contribution in [0.2, 0.25) is 0 Å². The van der Waals surface area contributed by atoms with Crippen LogP contribution >= 0.6 is 15.9 Å². The third-order valence-electron chi connectivity index (χ3n) is 3.91. The van der Waals surface area contributed by atoms with Gasteiger partial charge in [0.25, 0.3) is 0 Å². The highest BCUT2D eigenvalue weighted by Gasteiger charge is 2.34. The maximum absolute atomic E-state index is 6.26. The van der Waals surface area contributed by atoms with Gasteiger partial charge >= 0.3 is 0 Å². The minimum atomic E-state index is 0.136. The van der Waals surface area contributed by atoms with E-state index in [1.165, 1.54) is 16.5 Å². The van der Waals surface area contributed by atoms with Gasteiger partial charge in [0, 0.05) is 23.1 Å². The molecule has 3 heteroatoms. The Labute approximate surface area is 119 Å². The lowest BCUT2D eigenvalue weighted by Crippen LogP contribution is -2.41. The maximum Gasteiger partial charge on any atom is 0.0510 e. The van der Waals surface area contributed by atoms with Crippen molar-refractivity contribution < 1.29 is 0 Å². The Morgan fingerprint density at radius 3 is 2.50 bits per heavy atom. The Morgan fingerprint density at radius 1 is 1.33 bits per heavy atom. The van der Waals surface area contributed by atoms with E-state index in [1.54, 1.807) is 0 Å². The van der Waals surface area contributed by atoms with Crippen LogP contribution in [0.15, 0.2) is 28.7 Å².